The molecule has 0 aliphatic rings. The number of nitrogens with zero attached hydrogens (tertiary/aromatic N) is 1. The van der Waals surface area contributed by atoms with Gasteiger partial charge in [-0.3, -0.25) is 4.99 Å². The van der Waals surface area contributed by atoms with Gasteiger partial charge in [-0.2, -0.15) is 0 Å². The van der Waals surface area contributed by atoms with Gasteiger partial charge in [0, 0.05) is 25.9 Å². The molecule has 0 saturated heterocycles. The fraction of sp³-hybridized carbons (Fsp3) is 0.611. The molecule has 5 nitrogen and oxygen atoms in total. The SMILES string of the molecule is CCNC(=NCC(C)(C)CCS(C)(=O)=O)NCCc1ccccc1. The van der Waals surface area contributed by atoms with Gasteiger partial charge >= 0.3 is 0 Å². The number of aliphatic imine (C=N–C) groups is 1. The van der Waals surface area contributed by atoms with Gasteiger partial charge in [-0.05, 0) is 30.7 Å². The summed E-state index contributed by atoms with van der Waals surface area (Å²) in [4.78, 5) is 4.62. The largest absolute Gasteiger partial charge is 0.357 e. The summed E-state index contributed by atoms with van der Waals surface area (Å²) in [5.74, 6) is 0.980. The minimum absolute atomic E-state index is 0.148. The molecule has 0 aliphatic heterocycles. The summed E-state index contributed by atoms with van der Waals surface area (Å²) in [7, 11) is -2.93. The van der Waals surface area contributed by atoms with Crippen LogP contribution in [0.25, 0.3) is 0 Å². The van der Waals surface area contributed by atoms with E-state index in [9.17, 15) is 8.42 Å². The number of rotatable bonds is 9. The molecule has 1 aromatic carbocycles. The van der Waals surface area contributed by atoms with E-state index in [2.05, 4.69) is 41.6 Å². The van der Waals surface area contributed by atoms with Gasteiger partial charge in [-0.25, -0.2) is 8.42 Å². The number of hydrogen-bond donors (Lipinski definition) is 2. The van der Waals surface area contributed by atoms with Crippen molar-refractivity contribution in [3.8, 4) is 0 Å². The van der Waals surface area contributed by atoms with E-state index >= 15 is 0 Å². The molecule has 1 rings (SSSR count). The van der Waals surface area contributed by atoms with E-state index in [0.29, 0.717) is 13.0 Å². The molecule has 0 fully saturated rings. The fourth-order valence-corrected chi connectivity index (χ4v) is 3.07. The molecule has 136 valence electrons. The molecule has 0 aliphatic carbocycles. The van der Waals surface area contributed by atoms with Crippen LogP contribution in [-0.4, -0.2) is 46.0 Å². The number of guanidine groups is 1. The van der Waals surface area contributed by atoms with E-state index in [1.165, 1.54) is 11.8 Å². The summed E-state index contributed by atoms with van der Waals surface area (Å²) >= 11 is 0. The Morgan fingerprint density at radius 1 is 1.17 bits per heavy atom. The Morgan fingerprint density at radius 2 is 1.83 bits per heavy atom. The van der Waals surface area contributed by atoms with Crippen LogP contribution in [0.3, 0.4) is 0 Å². The summed E-state index contributed by atoms with van der Waals surface area (Å²) in [6.45, 7) is 8.32. The highest BCUT2D eigenvalue weighted by atomic mass is 32.2. The molecule has 0 saturated carbocycles. The smallest absolute Gasteiger partial charge is 0.191 e. The molecule has 0 heterocycles. The van der Waals surface area contributed by atoms with Gasteiger partial charge in [0.15, 0.2) is 5.96 Å². The fourth-order valence-electron chi connectivity index (χ4n) is 2.15. The number of nitrogens with one attached hydrogen (secondary N) is 2. The van der Waals surface area contributed by atoms with Gasteiger partial charge in [0.1, 0.15) is 9.84 Å². The van der Waals surface area contributed by atoms with Crippen LogP contribution in [0.2, 0.25) is 0 Å². The van der Waals surface area contributed by atoms with Crippen molar-refractivity contribution in [3.63, 3.8) is 0 Å². The normalized spacial score (nSPS) is 12.9. The summed E-state index contributed by atoms with van der Waals surface area (Å²) < 4.78 is 22.7. The van der Waals surface area contributed by atoms with Crippen LogP contribution in [0, 0.1) is 5.41 Å². The highest BCUT2D eigenvalue weighted by molar-refractivity contribution is 7.90. The van der Waals surface area contributed by atoms with Crippen LogP contribution < -0.4 is 10.6 Å². The molecule has 0 atom stereocenters. The summed E-state index contributed by atoms with van der Waals surface area (Å²) in [5.41, 5.74) is 1.14. The predicted octanol–water partition coefficient (Wildman–Crippen LogP) is 2.25. The number of hydrogen-bond acceptors (Lipinski definition) is 3. The molecule has 0 unspecified atom stereocenters. The van der Waals surface area contributed by atoms with Crippen molar-refractivity contribution >= 4 is 15.8 Å². The van der Waals surface area contributed by atoms with Crippen molar-refractivity contribution in [2.24, 2.45) is 10.4 Å². The highest BCUT2D eigenvalue weighted by Gasteiger charge is 2.20. The molecular weight excluding hydrogens is 322 g/mol. The first-order chi connectivity index (χ1) is 11.2. The Labute approximate surface area is 146 Å². The lowest BCUT2D eigenvalue weighted by atomic mass is 9.90. The monoisotopic (exact) mass is 353 g/mol. The van der Waals surface area contributed by atoms with Gasteiger partial charge in [0.05, 0.1) is 5.75 Å². The van der Waals surface area contributed by atoms with Crippen LogP contribution in [0.15, 0.2) is 35.3 Å². The summed E-state index contributed by atoms with van der Waals surface area (Å²) in [6.07, 6.45) is 2.82. The van der Waals surface area contributed by atoms with Crippen molar-refractivity contribution < 1.29 is 8.42 Å². The molecular formula is C18H31N3O2S. The van der Waals surface area contributed by atoms with Gasteiger partial charge in [0.25, 0.3) is 0 Å². The van der Waals surface area contributed by atoms with Gasteiger partial charge in [-0.15, -0.1) is 0 Å². The standard InChI is InChI=1S/C18H31N3O2S/c1-5-19-17(20-13-11-16-9-7-6-8-10-16)21-15-18(2,3)12-14-24(4,22)23/h6-10H,5,11-15H2,1-4H3,(H2,19,20,21). The zero-order valence-electron chi connectivity index (χ0n) is 15.3. The topological polar surface area (TPSA) is 70.6 Å². The quantitative estimate of drug-likeness (QED) is 0.528. The molecule has 1 aromatic rings. The maximum absolute atomic E-state index is 11.3. The molecule has 6 heteroatoms. The van der Waals surface area contributed by atoms with Gasteiger partial charge in [-0.1, -0.05) is 44.2 Å². The van der Waals surface area contributed by atoms with E-state index in [0.717, 1.165) is 25.5 Å². The van der Waals surface area contributed by atoms with Gasteiger partial charge in [0.2, 0.25) is 0 Å². The van der Waals surface area contributed by atoms with Crippen molar-refractivity contribution in [2.75, 3.05) is 31.6 Å². The predicted molar refractivity (Wildman–Crippen MR) is 102 cm³/mol. The average Bonchev–Trinajstić information content (AvgIpc) is 2.51. The third kappa shape index (κ3) is 9.55. The molecule has 0 bridgehead atoms. The molecule has 0 radical (unpaired) electrons. The zero-order valence-corrected chi connectivity index (χ0v) is 16.1. The molecule has 0 spiro atoms. The van der Waals surface area contributed by atoms with Gasteiger partial charge < -0.3 is 10.6 Å². The van der Waals surface area contributed by atoms with Crippen molar-refractivity contribution in [2.45, 2.75) is 33.6 Å². The van der Waals surface area contributed by atoms with E-state index in [4.69, 9.17) is 0 Å². The lowest BCUT2D eigenvalue weighted by Gasteiger charge is -2.22. The average molecular weight is 354 g/mol. The van der Waals surface area contributed by atoms with E-state index < -0.39 is 9.84 Å². The minimum atomic E-state index is -2.93. The first kappa shape index (κ1) is 20.5. The third-order valence-corrected chi connectivity index (χ3v) is 4.65. The molecule has 24 heavy (non-hydrogen) atoms. The summed E-state index contributed by atoms with van der Waals surface area (Å²) in [5, 5.41) is 6.57. The van der Waals surface area contributed by atoms with E-state index in [1.54, 1.807) is 0 Å². The lowest BCUT2D eigenvalue weighted by Crippen LogP contribution is -2.39. The second-order valence-corrected chi connectivity index (χ2v) is 9.16. The molecule has 0 aromatic heterocycles. The second kappa shape index (κ2) is 9.67. The first-order valence-electron chi connectivity index (χ1n) is 8.46. The van der Waals surface area contributed by atoms with E-state index in [1.807, 2.05) is 25.1 Å². The van der Waals surface area contributed by atoms with Crippen LogP contribution in [0.1, 0.15) is 32.8 Å². The van der Waals surface area contributed by atoms with Crippen molar-refractivity contribution in [1.82, 2.24) is 10.6 Å². The van der Waals surface area contributed by atoms with Crippen molar-refractivity contribution in [3.05, 3.63) is 35.9 Å². The third-order valence-electron chi connectivity index (χ3n) is 3.71. The van der Waals surface area contributed by atoms with Crippen LogP contribution in [-0.2, 0) is 16.3 Å². The maximum Gasteiger partial charge on any atom is 0.191 e. The molecule has 2 N–H and O–H groups in total. The Hall–Kier alpha value is -1.56. The number of sulfone groups is 1. The Morgan fingerprint density at radius 3 is 2.42 bits per heavy atom. The zero-order chi connectivity index (χ0) is 18.1. The first-order valence-corrected chi connectivity index (χ1v) is 10.5. The Bertz CT molecular complexity index is 610. The van der Waals surface area contributed by atoms with Crippen LogP contribution in [0.4, 0.5) is 0 Å². The lowest BCUT2D eigenvalue weighted by molar-refractivity contribution is 0.365. The highest BCUT2D eigenvalue weighted by Crippen LogP contribution is 2.21. The Kier molecular flexibility index (Phi) is 8.25. The number of benzene rings is 1. The minimum Gasteiger partial charge on any atom is -0.357 e. The van der Waals surface area contributed by atoms with Crippen molar-refractivity contribution in [1.29, 1.82) is 0 Å². The van der Waals surface area contributed by atoms with E-state index in [-0.39, 0.29) is 11.2 Å². The summed E-state index contributed by atoms with van der Waals surface area (Å²) in [6, 6.07) is 10.3. The molecule has 0 amide bonds. The second-order valence-electron chi connectivity index (χ2n) is 6.90. The van der Waals surface area contributed by atoms with Crippen LogP contribution in [0.5, 0.6) is 0 Å². The Balaban J connectivity index is 2.51. The van der Waals surface area contributed by atoms with Crippen LogP contribution >= 0.6 is 0 Å². The maximum atomic E-state index is 11.3.